The molecule has 0 saturated heterocycles. The van der Waals surface area contributed by atoms with Crippen molar-refractivity contribution >= 4 is 29.1 Å². The topological polar surface area (TPSA) is 49.3 Å². The van der Waals surface area contributed by atoms with Crippen molar-refractivity contribution in [3.8, 4) is 0 Å². The molecular formula is C10H11Cl2NO2. The van der Waals surface area contributed by atoms with E-state index in [2.05, 4.69) is 5.32 Å². The lowest BCUT2D eigenvalue weighted by molar-refractivity contribution is 0.0924. The molecule has 3 nitrogen and oxygen atoms in total. The summed E-state index contributed by atoms with van der Waals surface area (Å²) in [4.78, 5) is 11.6. The Bertz CT molecular complexity index is 366. The van der Waals surface area contributed by atoms with Gasteiger partial charge < -0.3 is 10.4 Å². The molecule has 0 saturated carbocycles. The Balaban J connectivity index is 2.77. The minimum atomic E-state index is -0.591. The highest BCUT2D eigenvalue weighted by atomic mass is 35.5. The van der Waals surface area contributed by atoms with Gasteiger partial charge in [0.25, 0.3) is 5.91 Å². The third kappa shape index (κ3) is 3.70. The molecule has 1 aromatic carbocycles. The number of hydrogen-bond acceptors (Lipinski definition) is 2. The minimum absolute atomic E-state index is 0.182. The molecule has 0 unspecified atom stereocenters. The zero-order valence-corrected chi connectivity index (χ0v) is 9.64. The van der Waals surface area contributed by atoms with Gasteiger partial charge in [0.05, 0.1) is 16.7 Å². The van der Waals surface area contributed by atoms with Crippen molar-refractivity contribution in [1.29, 1.82) is 0 Å². The smallest absolute Gasteiger partial charge is 0.252 e. The van der Waals surface area contributed by atoms with E-state index >= 15 is 0 Å². The molecule has 0 radical (unpaired) electrons. The number of rotatable bonds is 3. The van der Waals surface area contributed by atoms with Gasteiger partial charge in [0.2, 0.25) is 0 Å². The molecule has 0 heterocycles. The molecule has 0 aliphatic rings. The van der Waals surface area contributed by atoms with Crippen LogP contribution in [0.2, 0.25) is 10.0 Å². The van der Waals surface area contributed by atoms with Crippen LogP contribution in [-0.2, 0) is 0 Å². The van der Waals surface area contributed by atoms with Gasteiger partial charge in [-0.05, 0) is 25.1 Å². The lowest BCUT2D eigenvalue weighted by Gasteiger charge is -2.08. The predicted octanol–water partition coefficient (Wildman–Crippen LogP) is 2.10. The minimum Gasteiger partial charge on any atom is -0.392 e. The number of benzene rings is 1. The van der Waals surface area contributed by atoms with Gasteiger partial charge in [0.15, 0.2) is 0 Å². The third-order valence-electron chi connectivity index (χ3n) is 1.73. The molecule has 0 aliphatic heterocycles. The summed E-state index contributed by atoms with van der Waals surface area (Å²) in [6.07, 6.45) is -0.591. The number of aliphatic hydroxyl groups excluding tert-OH is 1. The van der Waals surface area contributed by atoms with Gasteiger partial charge in [-0.1, -0.05) is 23.2 Å². The highest BCUT2D eigenvalue weighted by Crippen LogP contribution is 2.20. The third-order valence-corrected chi connectivity index (χ3v) is 2.30. The number of halogens is 2. The van der Waals surface area contributed by atoms with E-state index in [4.69, 9.17) is 28.3 Å². The number of carbonyl (C=O) groups excluding carboxylic acids is 1. The second kappa shape index (κ2) is 5.35. The van der Waals surface area contributed by atoms with E-state index in [1.807, 2.05) is 0 Å². The number of aliphatic hydroxyl groups is 1. The molecule has 0 aliphatic carbocycles. The Labute approximate surface area is 98.0 Å². The summed E-state index contributed by atoms with van der Waals surface area (Å²) in [6.45, 7) is 1.77. The van der Waals surface area contributed by atoms with E-state index in [1.54, 1.807) is 19.1 Å². The van der Waals surface area contributed by atoms with E-state index < -0.39 is 6.10 Å². The monoisotopic (exact) mass is 247 g/mol. The summed E-state index contributed by atoms with van der Waals surface area (Å²) in [7, 11) is 0. The van der Waals surface area contributed by atoms with Crippen LogP contribution >= 0.6 is 23.2 Å². The SMILES string of the molecule is C[C@@H](O)CNC(=O)c1cc(Cl)ccc1Cl. The van der Waals surface area contributed by atoms with Crippen LogP contribution in [0.5, 0.6) is 0 Å². The Hall–Kier alpha value is -0.770. The zero-order valence-electron chi connectivity index (χ0n) is 8.13. The van der Waals surface area contributed by atoms with Crippen molar-refractivity contribution in [2.45, 2.75) is 13.0 Å². The van der Waals surface area contributed by atoms with Gasteiger partial charge in [0, 0.05) is 11.6 Å². The van der Waals surface area contributed by atoms with Crippen LogP contribution in [0.1, 0.15) is 17.3 Å². The average molecular weight is 248 g/mol. The lowest BCUT2D eigenvalue weighted by Crippen LogP contribution is -2.30. The first kappa shape index (κ1) is 12.3. The molecular weight excluding hydrogens is 237 g/mol. The molecule has 1 rings (SSSR count). The fourth-order valence-electron chi connectivity index (χ4n) is 1.01. The van der Waals surface area contributed by atoms with Gasteiger partial charge in [-0.15, -0.1) is 0 Å². The lowest BCUT2D eigenvalue weighted by atomic mass is 10.2. The van der Waals surface area contributed by atoms with E-state index in [0.717, 1.165) is 0 Å². The number of amides is 1. The number of hydrogen-bond donors (Lipinski definition) is 2. The van der Waals surface area contributed by atoms with E-state index in [-0.39, 0.29) is 12.5 Å². The molecule has 5 heteroatoms. The molecule has 1 aromatic rings. The fraction of sp³-hybridized carbons (Fsp3) is 0.300. The first-order valence-electron chi connectivity index (χ1n) is 4.42. The quantitative estimate of drug-likeness (QED) is 0.860. The number of nitrogens with one attached hydrogen (secondary N) is 1. The van der Waals surface area contributed by atoms with Gasteiger partial charge in [-0.25, -0.2) is 0 Å². The van der Waals surface area contributed by atoms with Crippen molar-refractivity contribution in [3.63, 3.8) is 0 Å². The maximum atomic E-state index is 11.6. The second-order valence-electron chi connectivity index (χ2n) is 3.18. The Morgan fingerprint density at radius 2 is 2.20 bits per heavy atom. The molecule has 2 N–H and O–H groups in total. The van der Waals surface area contributed by atoms with Crippen molar-refractivity contribution in [1.82, 2.24) is 5.32 Å². The molecule has 0 spiro atoms. The zero-order chi connectivity index (χ0) is 11.4. The van der Waals surface area contributed by atoms with Crippen molar-refractivity contribution in [2.24, 2.45) is 0 Å². The van der Waals surface area contributed by atoms with Crippen LogP contribution < -0.4 is 5.32 Å². The van der Waals surface area contributed by atoms with E-state index in [9.17, 15) is 4.79 Å². The summed E-state index contributed by atoms with van der Waals surface area (Å²) in [5.41, 5.74) is 0.310. The first-order valence-corrected chi connectivity index (χ1v) is 5.17. The summed E-state index contributed by atoms with van der Waals surface area (Å²) >= 11 is 11.6. The van der Waals surface area contributed by atoms with Gasteiger partial charge in [0.1, 0.15) is 0 Å². The summed E-state index contributed by atoms with van der Waals surface area (Å²) in [5, 5.41) is 12.3. The molecule has 82 valence electrons. The summed E-state index contributed by atoms with van der Waals surface area (Å²) in [5.74, 6) is -0.344. The molecule has 1 atom stereocenters. The van der Waals surface area contributed by atoms with E-state index in [0.29, 0.717) is 15.6 Å². The molecule has 0 bridgehead atoms. The van der Waals surface area contributed by atoms with Crippen LogP contribution in [-0.4, -0.2) is 23.7 Å². The van der Waals surface area contributed by atoms with Crippen molar-refractivity contribution in [2.75, 3.05) is 6.54 Å². The maximum absolute atomic E-state index is 11.6. The highest BCUT2D eigenvalue weighted by Gasteiger charge is 2.10. The van der Waals surface area contributed by atoms with Crippen molar-refractivity contribution < 1.29 is 9.90 Å². The van der Waals surface area contributed by atoms with Gasteiger partial charge >= 0.3 is 0 Å². The maximum Gasteiger partial charge on any atom is 0.252 e. The molecule has 0 aromatic heterocycles. The van der Waals surface area contributed by atoms with Gasteiger partial charge in [-0.3, -0.25) is 4.79 Å². The normalized spacial score (nSPS) is 12.3. The van der Waals surface area contributed by atoms with Crippen LogP contribution in [0.4, 0.5) is 0 Å². The first-order chi connectivity index (χ1) is 7.00. The fourth-order valence-corrected chi connectivity index (χ4v) is 1.38. The van der Waals surface area contributed by atoms with Crippen molar-refractivity contribution in [3.05, 3.63) is 33.8 Å². The van der Waals surface area contributed by atoms with Gasteiger partial charge in [-0.2, -0.15) is 0 Å². The Morgan fingerprint density at radius 3 is 2.80 bits per heavy atom. The standard InChI is InChI=1S/C10H11Cl2NO2/c1-6(14)5-13-10(15)8-4-7(11)2-3-9(8)12/h2-4,6,14H,5H2,1H3,(H,13,15)/t6-/m1/s1. The molecule has 15 heavy (non-hydrogen) atoms. The Kier molecular flexibility index (Phi) is 4.39. The Morgan fingerprint density at radius 1 is 1.53 bits per heavy atom. The number of carbonyl (C=O) groups is 1. The van der Waals surface area contributed by atoms with Crippen LogP contribution in [0.25, 0.3) is 0 Å². The second-order valence-corrected chi connectivity index (χ2v) is 4.03. The van der Waals surface area contributed by atoms with Crippen LogP contribution in [0.15, 0.2) is 18.2 Å². The van der Waals surface area contributed by atoms with Crippen LogP contribution in [0, 0.1) is 0 Å². The molecule has 1 amide bonds. The largest absolute Gasteiger partial charge is 0.392 e. The highest BCUT2D eigenvalue weighted by molar-refractivity contribution is 6.35. The molecule has 0 fully saturated rings. The van der Waals surface area contributed by atoms with Crippen LogP contribution in [0.3, 0.4) is 0 Å². The summed E-state index contributed by atoms with van der Waals surface area (Å²) in [6, 6.07) is 4.65. The van der Waals surface area contributed by atoms with E-state index in [1.165, 1.54) is 6.07 Å². The average Bonchev–Trinajstić information content (AvgIpc) is 2.18. The predicted molar refractivity (Wildman–Crippen MR) is 60.5 cm³/mol. The summed E-state index contributed by atoms with van der Waals surface area (Å²) < 4.78 is 0.